The molecule has 168 valence electrons. The van der Waals surface area contributed by atoms with Crippen LogP contribution in [0.5, 0.6) is 5.75 Å². The van der Waals surface area contributed by atoms with Crippen molar-refractivity contribution in [1.82, 2.24) is 9.88 Å². The number of aliphatic hydroxyl groups excluding tert-OH is 1. The van der Waals surface area contributed by atoms with Crippen molar-refractivity contribution in [3.63, 3.8) is 0 Å². The molecule has 1 amide bonds. The number of nitrogens with zero attached hydrogens (tertiary/aromatic N) is 3. The van der Waals surface area contributed by atoms with Crippen LogP contribution < -0.4 is 4.74 Å². The van der Waals surface area contributed by atoms with E-state index in [1.807, 2.05) is 32.0 Å². The molecule has 2 aliphatic rings. The van der Waals surface area contributed by atoms with E-state index in [9.17, 15) is 15.2 Å². The zero-order valence-corrected chi connectivity index (χ0v) is 18.6. The summed E-state index contributed by atoms with van der Waals surface area (Å²) >= 11 is 0. The van der Waals surface area contributed by atoms with Crippen molar-refractivity contribution >= 4 is 5.91 Å². The second kappa shape index (κ2) is 8.38. The van der Waals surface area contributed by atoms with Gasteiger partial charge < -0.3 is 19.2 Å². The van der Waals surface area contributed by atoms with Crippen LogP contribution in [-0.2, 0) is 11.2 Å². The maximum Gasteiger partial charge on any atom is 0.226 e. The van der Waals surface area contributed by atoms with E-state index in [4.69, 9.17) is 9.15 Å². The number of hydrogen-bond acceptors (Lipinski definition) is 6. The summed E-state index contributed by atoms with van der Waals surface area (Å²) in [5.74, 6) is 1.95. The standard InChI is InChI=1S/C26H25N3O4/c1-15(2)32-22-7-6-16(10-18(22)13-27)26-28-14-23(33-26)19-4-3-5-20-21(19)11-17-12-24(31)29(8-9-30)25(17)20/h3-7,10,14-15,17,25,30H,8-9,11-12H2,1-2H3. The van der Waals surface area contributed by atoms with Gasteiger partial charge in [-0.3, -0.25) is 4.79 Å². The fourth-order valence-electron chi connectivity index (χ4n) is 5.08. The Balaban J connectivity index is 1.48. The van der Waals surface area contributed by atoms with Crippen LogP contribution in [0, 0.1) is 17.2 Å². The molecule has 1 N–H and O–H groups in total. The van der Waals surface area contributed by atoms with E-state index in [-0.39, 0.29) is 30.6 Å². The molecule has 5 rings (SSSR count). The molecule has 0 saturated carbocycles. The van der Waals surface area contributed by atoms with Gasteiger partial charge in [-0.1, -0.05) is 18.2 Å². The van der Waals surface area contributed by atoms with Crippen LogP contribution in [0.4, 0.5) is 0 Å². The molecule has 7 heteroatoms. The van der Waals surface area contributed by atoms with Crippen molar-refractivity contribution in [2.75, 3.05) is 13.2 Å². The second-order valence-electron chi connectivity index (χ2n) is 8.82. The van der Waals surface area contributed by atoms with Crippen molar-refractivity contribution in [3.8, 4) is 34.6 Å². The van der Waals surface area contributed by atoms with Crippen molar-refractivity contribution in [1.29, 1.82) is 5.26 Å². The smallest absolute Gasteiger partial charge is 0.226 e. The average molecular weight is 444 g/mol. The number of aliphatic hydroxyl groups is 1. The number of rotatable bonds is 6. The van der Waals surface area contributed by atoms with Gasteiger partial charge in [-0.2, -0.15) is 5.26 Å². The minimum Gasteiger partial charge on any atom is -0.490 e. The van der Waals surface area contributed by atoms with Gasteiger partial charge in [0.05, 0.1) is 30.5 Å². The number of hydrogen-bond donors (Lipinski definition) is 1. The first-order valence-corrected chi connectivity index (χ1v) is 11.2. The lowest BCUT2D eigenvalue weighted by Gasteiger charge is -2.24. The molecule has 1 aliphatic heterocycles. The molecule has 33 heavy (non-hydrogen) atoms. The highest BCUT2D eigenvalue weighted by atomic mass is 16.5. The molecule has 1 aliphatic carbocycles. The quantitative estimate of drug-likeness (QED) is 0.616. The Morgan fingerprint density at radius 1 is 1.30 bits per heavy atom. The number of amides is 1. The number of aromatic nitrogens is 1. The predicted octanol–water partition coefficient (Wildman–Crippen LogP) is 4.11. The Kier molecular flexibility index (Phi) is 5.39. The van der Waals surface area contributed by atoms with Gasteiger partial charge in [0.25, 0.3) is 0 Å². The average Bonchev–Trinajstić information content (AvgIpc) is 3.49. The highest BCUT2D eigenvalue weighted by molar-refractivity contribution is 5.81. The summed E-state index contributed by atoms with van der Waals surface area (Å²) in [6, 6.07) is 13.6. The van der Waals surface area contributed by atoms with E-state index >= 15 is 0 Å². The molecule has 2 unspecified atom stereocenters. The lowest BCUT2D eigenvalue weighted by molar-refractivity contribution is -0.129. The SMILES string of the molecule is CC(C)Oc1ccc(-c2ncc(-c3cccc4c3CC3CC(=O)N(CCO)C43)o2)cc1C#N. The van der Waals surface area contributed by atoms with Gasteiger partial charge >= 0.3 is 0 Å². The number of carbonyl (C=O) groups excluding carboxylic acids is 1. The third-order valence-corrected chi connectivity index (χ3v) is 6.36. The Labute approximate surface area is 192 Å². The molecule has 7 nitrogen and oxygen atoms in total. The third-order valence-electron chi connectivity index (χ3n) is 6.36. The minimum atomic E-state index is -0.0405. The molecule has 1 fully saturated rings. The summed E-state index contributed by atoms with van der Waals surface area (Å²) in [5, 5.41) is 18.9. The molecular weight excluding hydrogens is 418 g/mol. The number of likely N-dealkylation sites (tertiary alicyclic amines) is 1. The number of carbonyl (C=O) groups is 1. The third kappa shape index (κ3) is 3.66. The topological polar surface area (TPSA) is 99.6 Å². The first-order valence-electron chi connectivity index (χ1n) is 11.2. The Hall–Kier alpha value is -3.63. The monoisotopic (exact) mass is 443 g/mol. The van der Waals surface area contributed by atoms with E-state index in [2.05, 4.69) is 17.1 Å². The second-order valence-corrected chi connectivity index (χ2v) is 8.82. The maximum atomic E-state index is 12.4. The van der Waals surface area contributed by atoms with Crippen molar-refractivity contribution in [2.24, 2.45) is 5.92 Å². The van der Waals surface area contributed by atoms with Gasteiger partial charge in [0.15, 0.2) is 5.76 Å². The van der Waals surface area contributed by atoms with Crippen LogP contribution in [0.25, 0.3) is 22.8 Å². The molecule has 1 saturated heterocycles. The Morgan fingerprint density at radius 3 is 2.91 bits per heavy atom. The summed E-state index contributed by atoms with van der Waals surface area (Å²) in [4.78, 5) is 18.7. The van der Waals surface area contributed by atoms with Crippen molar-refractivity contribution in [3.05, 3.63) is 59.3 Å². The van der Waals surface area contributed by atoms with Crippen LogP contribution >= 0.6 is 0 Å². The summed E-state index contributed by atoms with van der Waals surface area (Å²) in [6.45, 7) is 4.15. The molecule has 0 spiro atoms. The van der Waals surface area contributed by atoms with E-state index in [0.29, 0.717) is 41.5 Å². The fraction of sp³-hybridized carbons (Fsp3) is 0.346. The Bertz CT molecular complexity index is 1260. The number of ether oxygens (including phenoxy) is 1. The first-order chi connectivity index (χ1) is 16.0. The molecule has 2 heterocycles. The summed E-state index contributed by atoms with van der Waals surface area (Å²) in [6.07, 6.45) is 2.97. The molecular formula is C26H25N3O4. The van der Waals surface area contributed by atoms with E-state index < -0.39 is 0 Å². The van der Waals surface area contributed by atoms with Crippen LogP contribution in [0.15, 0.2) is 47.0 Å². The van der Waals surface area contributed by atoms with Crippen molar-refractivity contribution < 1.29 is 19.1 Å². The van der Waals surface area contributed by atoms with Gasteiger partial charge in [0.2, 0.25) is 11.8 Å². The largest absolute Gasteiger partial charge is 0.490 e. The number of oxazole rings is 1. The number of fused-ring (bicyclic) bond motifs is 3. The molecule has 2 atom stereocenters. The van der Waals surface area contributed by atoms with E-state index in [0.717, 1.165) is 17.5 Å². The van der Waals surface area contributed by atoms with Gasteiger partial charge in [-0.15, -0.1) is 0 Å². The van der Waals surface area contributed by atoms with Gasteiger partial charge in [-0.05, 0) is 55.5 Å². The normalized spacial score (nSPS) is 19.0. The van der Waals surface area contributed by atoms with Crippen LogP contribution in [0.2, 0.25) is 0 Å². The number of benzene rings is 2. The Morgan fingerprint density at radius 2 is 2.15 bits per heavy atom. The highest BCUT2D eigenvalue weighted by Crippen LogP contribution is 2.49. The van der Waals surface area contributed by atoms with Gasteiger partial charge in [0, 0.05) is 24.1 Å². The fourth-order valence-corrected chi connectivity index (χ4v) is 5.08. The highest BCUT2D eigenvalue weighted by Gasteiger charge is 2.46. The summed E-state index contributed by atoms with van der Waals surface area (Å²) in [7, 11) is 0. The lowest BCUT2D eigenvalue weighted by Crippen LogP contribution is -2.30. The molecule has 0 bridgehead atoms. The zero-order valence-electron chi connectivity index (χ0n) is 18.6. The summed E-state index contributed by atoms with van der Waals surface area (Å²) in [5.41, 5.74) is 4.40. The van der Waals surface area contributed by atoms with Crippen LogP contribution in [0.3, 0.4) is 0 Å². The van der Waals surface area contributed by atoms with Crippen LogP contribution in [0.1, 0.15) is 43.0 Å². The maximum absolute atomic E-state index is 12.4. The first kappa shape index (κ1) is 21.2. The molecule has 2 aromatic carbocycles. The zero-order chi connectivity index (χ0) is 23.1. The van der Waals surface area contributed by atoms with E-state index in [1.165, 1.54) is 5.56 Å². The lowest BCUT2D eigenvalue weighted by atomic mass is 10.0. The molecule has 1 aromatic heterocycles. The van der Waals surface area contributed by atoms with Crippen LogP contribution in [-0.4, -0.2) is 40.2 Å². The number of β-amino-alcohol motifs (C(OH)–C–C–N with tert-alkyl or cyclic N) is 1. The molecule has 0 radical (unpaired) electrons. The predicted molar refractivity (Wildman–Crippen MR) is 121 cm³/mol. The summed E-state index contributed by atoms with van der Waals surface area (Å²) < 4.78 is 11.8. The minimum absolute atomic E-state index is 0.00804. The molecule has 3 aromatic rings. The van der Waals surface area contributed by atoms with Gasteiger partial charge in [0.1, 0.15) is 11.8 Å². The van der Waals surface area contributed by atoms with E-state index in [1.54, 1.807) is 23.2 Å². The van der Waals surface area contributed by atoms with Crippen molar-refractivity contribution in [2.45, 2.75) is 38.8 Å². The number of nitriles is 1. The van der Waals surface area contributed by atoms with Gasteiger partial charge in [-0.25, -0.2) is 4.98 Å².